The highest BCUT2D eigenvalue weighted by Gasteiger charge is 2.33. The summed E-state index contributed by atoms with van der Waals surface area (Å²) < 4.78 is 5.36. The lowest BCUT2D eigenvalue weighted by Gasteiger charge is -2.38. The number of carbonyl (C=O) groups is 2. The van der Waals surface area contributed by atoms with E-state index < -0.39 is 0 Å². The van der Waals surface area contributed by atoms with Gasteiger partial charge in [-0.05, 0) is 49.1 Å². The molecule has 1 aromatic rings. The van der Waals surface area contributed by atoms with Crippen molar-refractivity contribution in [3.05, 3.63) is 41.7 Å². The Hall–Kier alpha value is -2.21. The summed E-state index contributed by atoms with van der Waals surface area (Å²) in [6, 6.07) is 3.45. The van der Waals surface area contributed by atoms with E-state index >= 15 is 0 Å². The predicted octanol–water partition coefficient (Wildman–Crippen LogP) is 2.91. The summed E-state index contributed by atoms with van der Waals surface area (Å²) in [5.41, 5.74) is 1.90. The van der Waals surface area contributed by atoms with Crippen molar-refractivity contribution in [1.29, 1.82) is 0 Å². The highest BCUT2D eigenvalue weighted by Crippen LogP contribution is 2.39. The fraction of sp³-hybridized carbons (Fsp3) is 0.609. The van der Waals surface area contributed by atoms with E-state index in [-0.39, 0.29) is 23.7 Å². The minimum atomic E-state index is -0.0643. The molecule has 0 aromatic carbocycles. The van der Waals surface area contributed by atoms with Crippen LogP contribution in [0.4, 0.5) is 0 Å². The number of amides is 2. The van der Waals surface area contributed by atoms with Gasteiger partial charge in [0, 0.05) is 44.0 Å². The molecule has 29 heavy (non-hydrogen) atoms. The number of hydrogen-bond donors (Lipinski definition) is 1. The lowest BCUT2D eigenvalue weighted by atomic mass is 9.69. The molecule has 1 fully saturated rings. The summed E-state index contributed by atoms with van der Waals surface area (Å²) >= 11 is 0. The monoisotopic (exact) mass is 399 g/mol. The van der Waals surface area contributed by atoms with Crippen molar-refractivity contribution in [3.63, 3.8) is 0 Å². The maximum absolute atomic E-state index is 12.7. The van der Waals surface area contributed by atoms with E-state index in [1.54, 1.807) is 24.5 Å². The molecular weight excluding hydrogens is 366 g/mol. The van der Waals surface area contributed by atoms with Gasteiger partial charge < -0.3 is 15.0 Å². The zero-order chi connectivity index (χ0) is 20.8. The fourth-order valence-electron chi connectivity index (χ4n) is 4.48. The van der Waals surface area contributed by atoms with Gasteiger partial charge in [0.2, 0.25) is 5.91 Å². The molecule has 2 amide bonds. The standard InChI is InChI=1S/C23H33N3O3/c1-16(2)21-13-19(14-22(27)26-8-10-29-11-9-26)17(3)12-20(21)15-25-23(28)18-4-6-24-7-5-18/h4-7,12,16,19-21H,8-11,13-15H2,1-3H3,(H,25,28)/t19-,20-,21-/m0/s1. The summed E-state index contributed by atoms with van der Waals surface area (Å²) in [6.07, 6.45) is 7.12. The molecule has 3 rings (SSSR count). The van der Waals surface area contributed by atoms with Crippen molar-refractivity contribution in [3.8, 4) is 0 Å². The number of aromatic nitrogens is 1. The van der Waals surface area contributed by atoms with Crippen LogP contribution in [0.2, 0.25) is 0 Å². The Morgan fingerprint density at radius 2 is 1.93 bits per heavy atom. The number of nitrogens with zero attached hydrogens (tertiary/aromatic N) is 2. The second-order valence-electron chi connectivity index (χ2n) is 8.56. The highest BCUT2D eigenvalue weighted by atomic mass is 16.5. The topological polar surface area (TPSA) is 71.5 Å². The molecule has 1 aliphatic carbocycles. The van der Waals surface area contributed by atoms with Gasteiger partial charge >= 0.3 is 0 Å². The minimum Gasteiger partial charge on any atom is -0.378 e. The predicted molar refractivity (Wildman–Crippen MR) is 112 cm³/mol. The van der Waals surface area contributed by atoms with Crippen LogP contribution >= 0.6 is 0 Å². The van der Waals surface area contributed by atoms with Crippen LogP contribution in [0.5, 0.6) is 0 Å². The van der Waals surface area contributed by atoms with E-state index in [2.05, 4.69) is 37.1 Å². The average Bonchev–Trinajstić information content (AvgIpc) is 2.74. The van der Waals surface area contributed by atoms with E-state index in [4.69, 9.17) is 4.74 Å². The van der Waals surface area contributed by atoms with Gasteiger partial charge in [0.25, 0.3) is 5.91 Å². The van der Waals surface area contributed by atoms with Gasteiger partial charge in [-0.1, -0.05) is 25.5 Å². The normalized spacial score (nSPS) is 24.9. The minimum absolute atomic E-state index is 0.0643. The maximum atomic E-state index is 12.7. The maximum Gasteiger partial charge on any atom is 0.251 e. The quantitative estimate of drug-likeness (QED) is 0.747. The molecule has 2 aliphatic rings. The van der Waals surface area contributed by atoms with E-state index in [1.165, 1.54) is 5.57 Å². The Morgan fingerprint density at radius 3 is 2.59 bits per heavy atom. The third-order valence-corrected chi connectivity index (χ3v) is 6.31. The number of hydrogen-bond acceptors (Lipinski definition) is 4. The van der Waals surface area contributed by atoms with Crippen LogP contribution in [0.1, 0.15) is 44.0 Å². The number of morpholine rings is 1. The number of nitrogens with one attached hydrogen (secondary N) is 1. The van der Waals surface area contributed by atoms with E-state index in [0.717, 1.165) is 6.42 Å². The third kappa shape index (κ3) is 5.66. The molecule has 1 aliphatic heterocycles. The first-order chi connectivity index (χ1) is 14.0. The van der Waals surface area contributed by atoms with E-state index in [1.807, 2.05) is 4.90 Å². The largest absolute Gasteiger partial charge is 0.378 e. The Morgan fingerprint density at radius 1 is 1.24 bits per heavy atom. The molecule has 2 heterocycles. The first-order valence-corrected chi connectivity index (χ1v) is 10.7. The van der Waals surface area contributed by atoms with Gasteiger partial charge in [-0.3, -0.25) is 14.6 Å². The van der Waals surface area contributed by atoms with Crippen molar-refractivity contribution in [2.24, 2.45) is 23.7 Å². The van der Waals surface area contributed by atoms with Crippen LogP contribution in [0.3, 0.4) is 0 Å². The third-order valence-electron chi connectivity index (χ3n) is 6.31. The summed E-state index contributed by atoms with van der Waals surface area (Å²) in [6.45, 7) is 9.89. The van der Waals surface area contributed by atoms with Crippen molar-refractivity contribution >= 4 is 11.8 Å². The summed E-state index contributed by atoms with van der Waals surface area (Å²) in [5, 5.41) is 3.08. The molecule has 1 N–H and O–H groups in total. The average molecular weight is 400 g/mol. The molecule has 0 unspecified atom stereocenters. The lowest BCUT2D eigenvalue weighted by molar-refractivity contribution is -0.136. The van der Waals surface area contributed by atoms with E-state index in [9.17, 15) is 9.59 Å². The van der Waals surface area contributed by atoms with Gasteiger partial charge in [-0.2, -0.15) is 0 Å². The molecule has 6 heteroatoms. The molecule has 1 aromatic heterocycles. The Labute approximate surface area is 173 Å². The van der Waals surface area contributed by atoms with Crippen molar-refractivity contribution in [1.82, 2.24) is 15.2 Å². The number of pyridine rings is 1. The molecule has 0 spiro atoms. The molecule has 3 atom stereocenters. The highest BCUT2D eigenvalue weighted by molar-refractivity contribution is 5.93. The number of carbonyl (C=O) groups excluding carboxylic acids is 2. The van der Waals surface area contributed by atoms with Crippen LogP contribution in [-0.2, 0) is 9.53 Å². The SMILES string of the molecule is CC1=C[C@@H](CNC(=O)c2ccncc2)[C@H](C(C)C)C[C@H]1CC(=O)N1CCOCC1. The first kappa shape index (κ1) is 21.5. The number of ether oxygens (including phenoxy) is 1. The molecule has 0 radical (unpaired) electrons. The zero-order valence-corrected chi connectivity index (χ0v) is 17.8. The van der Waals surface area contributed by atoms with Crippen LogP contribution < -0.4 is 5.32 Å². The van der Waals surface area contributed by atoms with Crippen LogP contribution in [0, 0.1) is 23.7 Å². The Balaban J connectivity index is 1.62. The molecular formula is C23H33N3O3. The summed E-state index contributed by atoms with van der Waals surface area (Å²) in [7, 11) is 0. The van der Waals surface area contributed by atoms with Crippen LogP contribution in [0.15, 0.2) is 36.2 Å². The van der Waals surface area contributed by atoms with Crippen molar-refractivity contribution < 1.29 is 14.3 Å². The Kier molecular flexibility index (Phi) is 7.42. The van der Waals surface area contributed by atoms with Crippen LogP contribution in [-0.4, -0.2) is 54.5 Å². The first-order valence-electron chi connectivity index (χ1n) is 10.7. The van der Waals surface area contributed by atoms with Crippen molar-refractivity contribution in [2.75, 3.05) is 32.8 Å². The van der Waals surface area contributed by atoms with Gasteiger partial charge in [-0.25, -0.2) is 0 Å². The van der Waals surface area contributed by atoms with Gasteiger partial charge in [0.1, 0.15) is 0 Å². The molecule has 158 valence electrons. The van der Waals surface area contributed by atoms with Gasteiger partial charge in [0.05, 0.1) is 13.2 Å². The second-order valence-corrected chi connectivity index (χ2v) is 8.56. The molecule has 1 saturated heterocycles. The van der Waals surface area contributed by atoms with E-state index in [0.29, 0.717) is 56.7 Å². The number of allylic oxidation sites excluding steroid dienone is 1. The lowest BCUT2D eigenvalue weighted by Crippen LogP contribution is -2.42. The summed E-state index contributed by atoms with van der Waals surface area (Å²) in [4.78, 5) is 31.0. The van der Waals surface area contributed by atoms with Gasteiger partial charge in [0.15, 0.2) is 0 Å². The van der Waals surface area contributed by atoms with Crippen molar-refractivity contribution in [2.45, 2.75) is 33.6 Å². The smallest absolute Gasteiger partial charge is 0.251 e. The molecule has 0 saturated carbocycles. The second kappa shape index (κ2) is 10.0. The van der Waals surface area contributed by atoms with Crippen LogP contribution in [0.25, 0.3) is 0 Å². The number of rotatable bonds is 6. The fourth-order valence-corrected chi connectivity index (χ4v) is 4.48. The summed E-state index contributed by atoms with van der Waals surface area (Å²) in [5.74, 6) is 1.67. The molecule has 6 nitrogen and oxygen atoms in total. The Bertz CT molecular complexity index is 726. The van der Waals surface area contributed by atoms with Gasteiger partial charge in [-0.15, -0.1) is 0 Å². The molecule has 0 bridgehead atoms. The zero-order valence-electron chi connectivity index (χ0n) is 17.8.